The van der Waals surface area contributed by atoms with Gasteiger partial charge in [-0.05, 0) is 43.5 Å². The van der Waals surface area contributed by atoms with Crippen LogP contribution in [-0.4, -0.2) is 21.9 Å². The van der Waals surface area contributed by atoms with Gasteiger partial charge in [0.25, 0.3) is 0 Å². The van der Waals surface area contributed by atoms with Gasteiger partial charge in [-0.25, -0.2) is 4.98 Å². The summed E-state index contributed by atoms with van der Waals surface area (Å²) in [6.45, 7) is 0. The number of hydrogen-bond acceptors (Lipinski definition) is 3. The number of para-hydroxylation sites is 3. The Hall–Kier alpha value is -2.37. The molecule has 1 aliphatic rings. The first-order chi connectivity index (χ1) is 11.7. The molecule has 1 amide bonds. The number of imidazole rings is 1. The highest BCUT2D eigenvalue weighted by Gasteiger charge is 2.28. The monoisotopic (exact) mass is 356 g/mol. The summed E-state index contributed by atoms with van der Waals surface area (Å²) in [4.78, 5) is 20.5. The van der Waals surface area contributed by atoms with Crippen molar-refractivity contribution in [3.8, 4) is 11.4 Å². The molecule has 6 heteroatoms. The molecule has 1 aliphatic carbocycles. The summed E-state index contributed by atoms with van der Waals surface area (Å²) < 4.78 is 0. The number of nitrogens with two attached hydrogens (primary N) is 1. The number of carbonyl (C=O) groups excluding carboxylic acids is 1. The molecule has 3 aromatic rings. The fraction of sp³-hybridized carbons (Fsp3) is 0.263. The minimum absolute atomic E-state index is 0. The van der Waals surface area contributed by atoms with Gasteiger partial charge in [0.15, 0.2) is 0 Å². The van der Waals surface area contributed by atoms with E-state index in [0.29, 0.717) is 0 Å². The van der Waals surface area contributed by atoms with E-state index in [4.69, 9.17) is 5.73 Å². The lowest BCUT2D eigenvalue weighted by Crippen LogP contribution is -2.23. The minimum Gasteiger partial charge on any atom is -0.338 e. The first-order valence-electron chi connectivity index (χ1n) is 8.31. The van der Waals surface area contributed by atoms with E-state index in [-0.39, 0.29) is 30.3 Å². The van der Waals surface area contributed by atoms with Crippen molar-refractivity contribution < 1.29 is 4.79 Å². The molecule has 1 saturated carbocycles. The molecule has 2 aromatic carbocycles. The molecule has 25 heavy (non-hydrogen) atoms. The van der Waals surface area contributed by atoms with Crippen LogP contribution in [0.4, 0.5) is 5.69 Å². The number of benzene rings is 2. The Labute approximate surface area is 152 Å². The number of aromatic amines is 1. The van der Waals surface area contributed by atoms with E-state index in [1.807, 2.05) is 48.5 Å². The van der Waals surface area contributed by atoms with Crippen molar-refractivity contribution in [2.45, 2.75) is 25.3 Å². The standard InChI is InChI=1S/C19H20N4O.ClH/c20-13-10-9-12(11-13)19(24)23-15-6-2-1-5-14(15)18-21-16-7-3-4-8-17(16)22-18;/h1-8,12-13H,9-11,20H2,(H,21,22)(H,23,24);1H. The normalized spacial score (nSPS) is 19.6. The minimum atomic E-state index is 0. The summed E-state index contributed by atoms with van der Waals surface area (Å²) in [5.74, 6) is 0.811. The number of nitrogens with one attached hydrogen (secondary N) is 2. The van der Waals surface area contributed by atoms with Crippen LogP contribution in [0.1, 0.15) is 19.3 Å². The molecule has 4 N–H and O–H groups in total. The van der Waals surface area contributed by atoms with Crippen LogP contribution in [0.5, 0.6) is 0 Å². The lowest BCUT2D eigenvalue weighted by atomic mass is 10.1. The Bertz CT molecular complexity index is 859. The highest BCUT2D eigenvalue weighted by atomic mass is 35.5. The molecule has 0 radical (unpaired) electrons. The van der Waals surface area contributed by atoms with E-state index in [9.17, 15) is 4.79 Å². The molecule has 5 nitrogen and oxygen atoms in total. The molecule has 1 fully saturated rings. The maximum atomic E-state index is 12.5. The highest BCUT2D eigenvalue weighted by Crippen LogP contribution is 2.30. The van der Waals surface area contributed by atoms with Crippen LogP contribution in [0.25, 0.3) is 22.4 Å². The van der Waals surface area contributed by atoms with Gasteiger partial charge in [-0.2, -0.15) is 0 Å². The fourth-order valence-corrected chi connectivity index (χ4v) is 3.37. The van der Waals surface area contributed by atoms with Gasteiger partial charge in [0.05, 0.1) is 16.7 Å². The molecule has 130 valence electrons. The van der Waals surface area contributed by atoms with E-state index in [0.717, 1.165) is 47.4 Å². The number of amides is 1. The molecule has 0 aliphatic heterocycles. The molecule has 4 rings (SSSR count). The van der Waals surface area contributed by atoms with Crippen LogP contribution >= 0.6 is 12.4 Å². The summed E-state index contributed by atoms with van der Waals surface area (Å²) in [6.07, 6.45) is 2.54. The van der Waals surface area contributed by atoms with Gasteiger partial charge >= 0.3 is 0 Å². The number of H-pyrrole nitrogens is 1. The van der Waals surface area contributed by atoms with Crippen molar-refractivity contribution in [1.82, 2.24) is 9.97 Å². The van der Waals surface area contributed by atoms with Crippen molar-refractivity contribution in [1.29, 1.82) is 0 Å². The molecule has 1 heterocycles. The Morgan fingerprint density at radius 3 is 2.64 bits per heavy atom. The quantitative estimate of drug-likeness (QED) is 0.668. The van der Waals surface area contributed by atoms with Gasteiger partial charge in [0.1, 0.15) is 5.82 Å². The lowest BCUT2D eigenvalue weighted by Gasteiger charge is -2.13. The van der Waals surface area contributed by atoms with Crippen molar-refractivity contribution >= 4 is 35.0 Å². The van der Waals surface area contributed by atoms with Gasteiger partial charge in [0, 0.05) is 17.5 Å². The Kier molecular flexibility index (Phi) is 5.06. The number of carbonyl (C=O) groups is 1. The zero-order valence-corrected chi connectivity index (χ0v) is 14.6. The molecule has 1 aromatic heterocycles. The van der Waals surface area contributed by atoms with Crippen LogP contribution in [0.2, 0.25) is 0 Å². The molecule has 2 unspecified atom stereocenters. The third kappa shape index (κ3) is 3.52. The summed E-state index contributed by atoms with van der Waals surface area (Å²) in [7, 11) is 0. The van der Waals surface area contributed by atoms with Gasteiger partial charge in [0.2, 0.25) is 5.91 Å². The first-order valence-corrected chi connectivity index (χ1v) is 8.31. The van der Waals surface area contributed by atoms with E-state index in [1.165, 1.54) is 0 Å². The lowest BCUT2D eigenvalue weighted by molar-refractivity contribution is -0.119. The topological polar surface area (TPSA) is 83.8 Å². The zero-order chi connectivity index (χ0) is 16.5. The van der Waals surface area contributed by atoms with Crippen molar-refractivity contribution in [3.05, 3.63) is 48.5 Å². The van der Waals surface area contributed by atoms with Crippen LogP contribution in [0.3, 0.4) is 0 Å². The van der Waals surface area contributed by atoms with E-state index < -0.39 is 0 Å². The van der Waals surface area contributed by atoms with Crippen molar-refractivity contribution in [2.75, 3.05) is 5.32 Å². The Morgan fingerprint density at radius 2 is 1.88 bits per heavy atom. The number of nitrogens with zero attached hydrogens (tertiary/aromatic N) is 1. The summed E-state index contributed by atoms with van der Waals surface area (Å²) in [6, 6.07) is 15.8. The first kappa shape index (κ1) is 17.5. The van der Waals surface area contributed by atoms with E-state index in [1.54, 1.807) is 0 Å². The van der Waals surface area contributed by atoms with Gasteiger partial charge in [-0.1, -0.05) is 24.3 Å². The molecule has 0 bridgehead atoms. The van der Waals surface area contributed by atoms with Crippen LogP contribution in [0.15, 0.2) is 48.5 Å². The fourth-order valence-electron chi connectivity index (χ4n) is 3.37. The van der Waals surface area contributed by atoms with Gasteiger partial charge in [-0.15, -0.1) is 12.4 Å². The third-order valence-electron chi connectivity index (χ3n) is 4.67. The number of hydrogen-bond donors (Lipinski definition) is 3. The highest BCUT2D eigenvalue weighted by molar-refractivity contribution is 5.97. The molecule has 0 saturated heterocycles. The maximum absolute atomic E-state index is 12.5. The summed E-state index contributed by atoms with van der Waals surface area (Å²) in [5, 5.41) is 3.06. The van der Waals surface area contributed by atoms with Crippen molar-refractivity contribution in [3.63, 3.8) is 0 Å². The average molecular weight is 357 g/mol. The van der Waals surface area contributed by atoms with Gasteiger partial charge in [-0.3, -0.25) is 4.79 Å². The molecule has 2 atom stereocenters. The molecule has 0 spiro atoms. The predicted molar refractivity (Wildman–Crippen MR) is 103 cm³/mol. The largest absolute Gasteiger partial charge is 0.338 e. The molecular formula is C19H21ClN4O. The van der Waals surface area contributed by atoms with E-state index >= 15 is 0 Å². The van der Waals surface area contributed by atoms with Crippen molar-refractivity contribution in [2.24, 2.45) is 11.7 Å². The summed E-state index contributed by atoms with van der Waals surface area (Å²) in [5.41, 5.74) is 9.49. The maximum Gasteiger partial charge on any atom is 0.227 e. The third-order valence-corrected chi connectivity index (χ3v) is 4.67. The second-order valence-corrected chi connectivity index (χ2v) is 6.41. The predicted octanol–water partition coefficient (Wildman–Crippen LogP) is 3.72. The number of halogens is 1. The average Bonchev–Trinajstić information content (AvgIpc) is 3.21. The SMILES string of the molecule is Cl.NC1CCC(C(=O)Nc2ccccc2-c2nc3ccccc3[nH]2)C1. The number of aromatic nitrogens is 2. The molecular weight excluding hydrogens is 336 g/mol. The Balaban J connectivity index is 0.00000182. The number of anilines is 1. The number of rotatable bonds is 3. The summed E-state index contributed by atoms with van der Waals surface area (Å²) >= 11 is 0. The van der Waals surface area contributed by atoms with Crippen LogP contribution < -0.4 is 11.1 Å². The van der Waals surface area contributed by atoms with Crippen LogP contribution in [0, 0.1) is 5.92 Å². The van der Waals surface area contributed by atoms with Crippen LogP contribution in [-0.2, 0) is 4.79 Å². The van der Waals surface area contributed by atoms with Gasteiger partial charge < -0.3 is 16.0 Å². The second kappa shape index (κ2) is 7.25. The number of fused-ring (bicyclic) bond motifs is 1. The van der Waals surface area contributed by atoms with E-state index in [2.05, 4.69) is 15.3 Å². The zero-order valence-electron chi connectivity index (χ0n) is 13.7. The Morgan fingerprint density at radius 1 is 1.12 bits per heavy atom. The smallest absolute Gasteiger partial charge is 0.227 e. The second-order valence-electron chi connectivity index (χ2n) is 6.41.